The Hall–Kier alpha value is -2.48. The minimum atomic E-state index is -0.0870. The molecule has 86 valence electrons. The lowest BCUT2D eigenvalue weighted by Crippen LogP contribution is -2.19. The van der Waals surface area contributed by atoms with E-state index < -0.39 is 0 Å². The highest BCUT2D eigenvalue weighted by molar-refractivity contribution is 5.89. The van der Waals surface area contributed by atoms with E-state index in [0.717, 1.165) is 16.5 Å². The summed E-state index contributed by atoms with van der Waals surface area (Å²) in [5.41, 5.74) is 7.36. The normalized spacial score (nSPS) is 9.71. The molecule has 4 N–H and O–H groups in total. The molecule has 0 spiro atoms. The van der Waals surface area contributed by atoms with Crippen LogP contribution in [-0.2, 0) is 4.79 Å². The van der Waals surface area contributed by atoms with Gasteiger partial charge in [-0.3, -0.25) is 9.89 Å². The molecule has 17 heavy (non-hydrogen) atoms. The van der Waals surface area contributed by atoms with Crippen molar-refractivity contribution in [1.82, 2.24) is 15.5 Å². The third-order valence-electron chi connectivity index (χ3n) is 2.25. The van der Waals surface area contributed by atoms with Crippen LogP contribution in [0.1, 0.15) is 12.5 Å². The van der Waals surface area contributed by atoms with E-state index in [1.165, 1.54) is 6.92 Å². The Balaban J connectivity index is 2.16. The second-order valence-electron chi connectivity index (χ2n) is 3.58. The number of aromatic amines is 1. The van der Waals surface area contributed by atoms with Crippen LogP contribution in [0.15, 0.2) is 18.2 Å². The van der Waals surface area contributed by atoms with Gasteiger partial charge in [0.25, 0.3) is 0 Å². The van der Waals surface area contributed by atoms with Crippen LogP contribution < -0.4 is 11.1 Å². The summed E-state index contributed by atoms with van der Waals surface area (Å²) in [4.78, 5) is 10.6. The van der Waals surface area contributed by atoms with Gasteiger partial charge in [-0.25, -0.2) is 0 Å². The molecule has 1 aromatic heterocycles. The third kappa shape index (κ3) is 2.55. The molecular weight excluding hydrogens is 216 g/mol. The molecule has 2 aromatic rings. The molecule has 0 atom stereocenters. The Labute approximate surface area is 98.4 Å². The first-order valence-corrected chi connectivity index (χ1v) is 5.14. The minimum Gasteiger partial charge on any atom is -0.382 e. The molecule has 0 aliphatic heterocycles. The van der Waals surface area contributed by atoms with Crippen LogP contribution in [0.4, 0.5) is 5.82 Å². The molecule has 5 nitrogen and oxygen atoms in total. The molecule has 0 radical (unpaired) electrons. The van der Waals surface area contributed by atoms with Gasteiger partial charge in [-0.05, 0) is 18.2 Å². The SMILES string of the molecule is CC(=O)NCC#Cc1ccc2c(N)n[nH]c2c1. The van der Waals surface area contributed by atoms with Crippen LogP contribution in [0.25, 0.3) is 10.9 Å². The van der Waals surface area contributed by atoms with E-state index >= 15 is 0 Å². The van der Waals surface area contributed by atoms with Crippen LogP contribution >= 0.6 is 0 Å². The smallest absolute Gasteiger partial charge is 0.217 e. The van der Waals surface area contributed by atoms with Crippen LogP contribution in [0, 0.1) is 11.8 Å². The number of hydrogen-bond acceptors (Lipinski definition) is 3. The quantitative estimate of drug-likeness (QED) is 0.626. The second kappa shape index (κ2) is 4.58. The van der Waals surface area contributed by atoms with Gasteiger partial charge in [0.1, 0.15) is 0 Å². The number of nitrogens with one attached hydrogen (secondary N) is 2. The zero-order valence-corrected chi connectivity index (χ0v) is 9.37. The summed E-state index contributed by atoms with van der Waals surface area (Å²) in [7, 11) is 0. The predicted molar refractivity (Wildman–Crippen MR) is 66.1 cm³/mol. The van der Waals surface area contributed by atoms with E-state index in [2.05, 4.69) is 27.4 Å². The molecule has 1 aromatic carbocycles. The lowest BCUT2D eigenvalue weighted by molar-refractivity contribution is -0.118. The molecule has 0 aliphatic rings. The summed E-state index contributed by atoms with van der Waals surface area (Å²) in [5, 5.41) is 10.2. The zero-order chi connectivity index (χ0) is 12.3. The van der Waals surface area contributed by atoms with E-state index in [0.29, 0.717) is 12.4 Å². The van der Waals surface area contributed by atoms with Gasteiger partial charge >= 0.3 is 0 Å². The fraction of sp³-hybridized carbons (Fsp3) is 0.167. The van der Waals surface area contributed by atoms with E-state index in [4.69, 9.17) is 5.73 Å². The maximum atomic E-state index is 10.6. The van der Waals surface area contributed by atoms with Crippen LogP contribution in [0.2, 0.25) is 0 Å². The zero-order valence-electron chi connectivity index (χ0n) is 9.37. The summed E-state index contributed by atoms with van der Waals surface area (Å²) >= 11 is 0. The Morgan fingerprint density at radius 3 is 3.18 bits per heavy atom. The molecular formula is C12H12N4O. The van der Waals surface area contributed by atoms with Crippen LogP contribution in [-0.4, -0.2) is 22.6 Å². The van der Waals surface area contributed by atoms with Gasteiger partial charge < -0.3 is 11.1 Å². The molecule has 0 unspecified atom stereocenters. The predicted octanol–water partition coefficient (Wildman–Crippen LogP) is 0.633. The minimum absolute atomic E-state index is 0.0870. The molecule has 0 bridgehead atoms. The van der Waals surface area contributed by atoms with E-state index in [1.807, 2.05) is 18.2 Å². The highest BCUT2D eigenvalue weighted by atomic mass is 16.1. The largest absolute Gasteiger partial charge is 0.382 e. The number of amides is 1. The van der Waals surface area contributed by atoms with Crippen molar-refractivity contribution in [1.29, 1.82) is 0 Å². The van der Waals surface area contributed by atoms with Crippen molar-refractivity contribution in [2.75, 3.05) is 12.3 Å². The summed E-state index contributed by atoms with van der Waals surface area (Å²) < 4.78 is 0. The van der Waals surface area contributed by atoms with Crippen molar-refractivity contribution in [3.63, 3.8) is 0 Å². The molecule has 5 heteroatoms. The topological polar surface area (TPSA) is 83.8 Å². The first-order valence-electron chi connectivity index (χ1n) is 5.14. The van der Waals surface area contributed by atoms with Gasteiger partial charge in [0.15, 0.2) is 5.82 Å². The van der Waals surface area contributed by atoms with Crippen molar-refractivity contribution in [2.24, 2.45) is 0 Å². The lowest BCUT2D eigenvalue weighted by Gasteiger charge is -1.93. The van der Waals surface area contributed by atoms with Gasteiger partial charge in [0, 0.05) is 17.9 Å². The standard InChI is InChI=1S/C12H12N4O/c1-8(17)14-6-2-3-9-4-5-10-11(7-9)15-16-12(10)13/h4-5,7H,6H2,1H3,(H,14,17)(H3,13,15,16). The van der Waals surface area contributed by atoms with Gasteiger partial charge in [-0.2, -0.15) is 5.10 Å². The fourth-order valence-corrected chi connectivity index (χ4v) is 1.43. The van der Waals surface area contributed by atoms with Gasteiger partial charge in [-0.1, -0.05) is 11.8 Å². The van der Waals surface area contributed by atoms with E-state index in [-0.39, 0.29) is 5.91 Å². The molecule has 2 rings (SSSR count). The molecule has 0 saturated carbocycles. The number of carbonyl (C=O) groups excluding carboxylic acids is 1. The van der Waals surface area contributed by atoms with Crippen molar-refractivity contribution >= 4 is 22.6 Å². The average Bonchev–Trinajstić information content (AvgIpc) is 2.66. The maximum absolute atomic E-state index is 10.6. The maximum Gasteiger partial charge on any atom is 0.217 e. The van der Waals surface area contributed by atoms with Crippen molar-refractivity contribution in [2.45, 2.75) is 6.92 Å². The number of rotatable bonds is 1. The highest BCUT2D eigenvalue weighted by Crippen LogP contribution is 2.18. The van der Waals surface area contributed by atoms with Crippen LogP contribution in [0.5, 0.6) is 0 Å². The second-order valence-corrected chi connectivity index (χ2v) is 3.58. The summed E-state index contributed by atoms with van der Waals surface area (Å²) in [6.45, 7) is 1.81. The highest BCUT2D eigenvalue weighted by Gasteiger charge is 2.00. The number of benzene rings is 1. The number of anilines is 1. The summed E-state index contributed by atoms with van der Waals surface area (Å²) in [5.74, 6) is 6.20. The first kappa shape index (κ1) is 11.0. The summed E-state index contributed by atoms with van der Waals surface area (Å²) in [6, 6.07) is 5.62. The van der Waals surface area contributed by atoms with Crippen molar-refractivity contribution in [3.05, 3.63) is 23.8 Å². The van der Waals surface area contributed by atoms with Gasteiger partial charge in [-0.15, -0.1) is 0 Å². The Bertz CT molecular complexity index is 618. The molecule has 0 fully saturated rings. The van der Waals surface area contributed by atoms with E-state index in [1.54, 1.807) is 0 Å². The molecule has 0 saturated heterocycles. The fourth-order valence-electron chi connectivity index (χ4n) is 1.43. The number of fused-ring (bicyclic) bond motifs is 1. The number of nitrogens with two attached hydrogens (primary N) is 1. The Morgan fingerprint density at radius 2 is 2.41 bits per heavy atom. The van der Waals surface area contributed by atoms with E-state index in [9.17, 15) is 4.79 Å². The molecule has 1 heterocycles. The molecule has 0 aliphatic carbocycles. The molecule has 1 amide bonds. The lowest BCUT2D eigenvalue weighted by atomic mass is 10.1. The van der Waals surface area contributed by atoms with Crippen molar-refractivity contribution in [3.8, 4) is 11.8 Å². The monoisotopic (exact) mass is 228 g/mol. The first-order chi connectivity index (χ1) is 8.16. The number of hydrogen-bond donors (Lipinski definition) is 3. The Morgan fingerprint density at radius 1 is 1.59 bits per heavy atom. The number of nitrogen functional groups attached to an aromatic ring is 1. The number of aromatic nitrogens is 2. The van der Waals surface area contributed by atoms with Gasteiger partial charge in [0.05, 0.1) is 12.1 Å². The number of H-pyrrole nitrogens is 1. The van der Waals surface area contributed by atoms with Crippen LogP contribution in [0.3, 0.4) is 0 Å². The Kier molecular flexibility index (Phi) is 2.97. The number of nitrogens with zero attached hydrogens (tertiary/aromatic N) is 1. The number of carbonyl (C=O) groups is 1. The van der Waals surface area contributed by atoms with Gasteiger partial charge in [0.2, 0.25) is 5.91 Å². The average molecular weight is 228 g/mol. The van der Waals surface area contributed by atoms with Crippen molar-refractivity contribution < 1.29 is 4.79 Å². The third-order valence-corrected chi connectivity index (χ3v) is 2.25. The summed E-state index contributed by atoms with van der Waals surface area (Å²) in [6.07, 6.45) is 0.